The Morgan fingerprint density at radius 2 is 1.88 bits per heavy atom. The molecule has 0 atom stereocenters. The number of nitrogens with one attached hydrogen (secondary N) is 3. The minimum atomic E-state index is -0.505. The Labute approximate surface area is 215 Å². The second-order valence-corrected chi connectivity index (χ2v) is 8.50. The molecule has 0 radical (unpaired) electrons. The number of carbonyl (C=O) groups is 1. The van der Waals surface area contributed by atoms with Crippen LogP contribution in [0.15, 0.2) is 29.3 Å². The van der Waals surface area contributed by atoms with Crippen LogP contribution < -0.4 is 20.7 Å². The van der Waals surface area contributed by atoms with E-state index >= 15 is 0 Å². The Morgan fingerprint density at radius 3 is 2.58 bits per heavy atom. The standard InChI is InChI=1S/C23H39N5O4.HI/c1-5-24-21(25-9-10-26-22(29)32-23(2,3)4)27-18-19-7-6-8-20(17-19)31-16-13-28-11-14-30-15-12-28;/h6-8,17H,5,9-16,18H2,1-4H3,(H,26,29)(H2,24,25,27);1H. The highest BCUT2D eigenvalue weighted by Gasteiger charge is 2.15. The van der Waals surface area contributed by atoms with E-state index in [-0.39, 0.29) is 24.0 Å². The summed E-state index contributed by atoms with van der Waals surface area (Å²) in [6.45, 7) is 14.8. The van der Waals surface area contributed by atoms with Crippen molar-refractivity contribution in [1.29, 1.82) is 0 Å². The van der Waals surface area contributed by atoms with Crippen molar-refractivity contribution in [1.82, 2.24) is 20.9 Å². The zero-order valence-electron chi connectivity index (χ0n) is 20.3. The maximum Gasteiger partial charge on any atom is 0.407 e. The number of benzene rings is 1. The van der Waals surface area contributed by atoms with Gasteiger partial charge in [0.15, 0.2) is 5.96 Å². The van der Waals surface area contributed by atoms with Crippen molar-refractivity contribution in [2.45, 2.75) is 39.8 Å². The van der Waals surface area contributed by atoms with E-state index in [1.807, 2.05) is 52.0 Å². The number of halogens is 1. The number of ether oxygens (including phenoxy) is 3. The number of carbonyl (C=O) groups excluding carboxylic acids is 1. The monoisotopic (exact) mass is 577 g/mol. The van der Waals surface area contributed by atoms with E-state index in [1.165, 1.54) is 0 Å². The second kappa shape index (κ2) is 15.9. The SMILES string of the molecule is CCNC(=NCc1cccc(OCCN2CCOCC2)c1)NCCNC(=O)OC(C)(C)C.I. The summed E-state index contributed by atoms with van der Waals surface area (Å²) in [5.74, 6) is 1.54. The van der Waals surface area contributed by atoms with Crippen molar-refractivity contribution in [3.8, 4) is 5.75 Å². The summed E-state index contributed by atoms with van der Waals surface area (Å²) in [5, 5.41) is 9.16. The first kappa shape index (κ1) is 29.2. The number of hydrogen-bond donors (Lipinski definition) is 3. The lowest BCUT2D eigenvalue weighted by Gasteiger charge is -2.26. The molecule has 0 saturated carbocycles. The van der Waals surface area contributed by atoms with Crippen LogP contribution in [0, 0.1) is 0 Å². The fraction of sp³-hybridized carbons (Fsp3) is 0.652. The summed E-state index contributed by atoms with van der Waals surface area (Å²) in [7, 11) is 0. The predicted octanol–water partition coefficient (Wildman–Crippen LogP) is 2.60. The second-order valence-electron chi connectivity index (χ2n) is 8.50. The number of morpholine rings is 1. The molecular formula is C23H40IN5O4. The first-order valence-electron chi connectivity index (χ1n) is 11.4. The molecule has 0 aliphatic carbocycles. The molecule has 10 heteroatoms. The Balaban J connectivity index is 0.00000544. The van der Waals surface area contributed by atoms with Crippen molar-refractivity contribution in [2.75, 3.05) is 59.1 Å². The van der Waals surface area contributed by atoms with Crippen LogP contribution in [0.3, 0.4) is 0 Å². The lowest BCUT2D eigenvalue weighted by molar-refractivity contribution is 0.0322. The topological polar surface area (TPSA) is 96.5 Å². The van der Waals surface area contributed by atoms with Gasteiger partial charge in [-0.15, -0.1) is 24.0 Å². The first-order chi connectivity index (χ1) is 15.4. The zero-order chi connectivity index (χ0) is 23.2. The molecule has 1 fully saturated rings. The lowest BCUT2D eigenvalue weighted by atomic mass is 10.2. The summed E-state index contributed by atoms with van der Waals surface area (Å²) in [5.41, 5.74) is 0.562. The molecule has 2 rings (SSSR count). The number of hydrogen-bond acceptors (Lipinski definition) is 6. The smallest absolute Gasteiger partial charge is 0.407 e. The van der Waals surface area contributed by atoms with Crippen LogP contribution in [0.1, 0.15) is 33.3 Å². The van der Waals surface area contributed by atoms with E-state index in [9.17, 15) is 4.79 Å². The van der Waals surface area contributed by atoms with Gasteiger partial charge in [0.25, 0.3) is 0 Å². The molecule has 0 bridgehead atoms. The zero-order valence-corrected chi connectivity index (χ0v) is 22.6. The Kier molecular flexibility index (Phi) is 14.1. The highest BCUT2D eigenvalue weighted by atomic mass is 127. The van der Waals surface area contributed by atoms with Gasteiger partial charge in [0.05, 0.1) is 19.8 Å². The van der Waals surface area contributed by atoms with Gasteiger partial charge in [0, 0.05) is 39.3 Å². The molecule has 1 heterocycles. The van der Waals surface area contributed by atoms with Gasteiger partial charge < -0.3 is 30.2 Å². The van der Waals surface area contributed by atoms with E-state index in [2.05, 4.69) is 25.8 Å². The first-order valence-corrected chi connectivity index (χ1v) is 11.4. The average Bonchev–Trinajstić information content (AvgIpc) is 2.75. The summed E-state index contributed by atoms with van der Waals surface area (Å²) >= 11 is 0. The average molecular weight is 578 g/mol. The highest BCUT2D eigenvalue weighted by molar-refractivity contribution is 14.0. The van der Waals surface area contributed by atoms with Crippen molar-refractivity contribution < 1.29 is 19.0 Å². The quantitative estimate of drug-likeness (QED) is 0.170. The molecule has 1 aromatic rings. The van der Waals surface area contributed by atoms with Gasteiger partial charge in [-0.05, 0) is 45.4 Å². The van der Waals surface area contributed by atoms with Crippen LogP contribution in [-0.2, 0) is 16.0 Å². The van der Waals surface area contributed by atoms with Gasteiger partial charge in [-0.1, -0.05) is 12.1 Å². The third-order valence-corrected chi connectivity index (χ3v) is 4.53. The largest absolute Gasteiger partial charge is 0.492 e. The normalized spacial score (nSPS) is 14.7. The molecule has 0 unspecified atom stereocenters. The van der Waals surface area contributed by atoms with Crippen molar-refractivity contribution in [3.05, 3.63) is 29.8 Å². The van der Waals surface area contributed by atoms with Crippen LogP contribution in [0.5, 0.6) is 5.75 Å². The van der Waals surface area contributed by atoms with E-state index in [1.54, 1.807) is 0 Å². The van der Waals surface area contributed by atoms with Gasteiger partial charge in [-0.25, -0.2) is 9.79 Å². The molecule has 1 aliphatic heterocycles. The molecule has 0 spiro atoms. The van der Waals surface area contributed by atoms with E-state index < -0.39 is 11.7 Å². The van der Waals surface area contributed by atoms with Crippen molar-refractivity contribution in [2.24, 2.45) is 4.99 Å². The Hall–Kier alpha value is -1.79. The molecular weight excluding hydrogens is 537 g/mol. The van der Waals surface area contributed by atoms with Crippen LogP contribution in [0.4, 0.5) is 4.79 Å². The van der Waals surface area contributed by atoms with E-state index in [0.717, 1.165) is 50.7 Å². The summed E-state index contributed by atoms with van der Waals surface area (Å²) in [6.07, 6.45) is -0.424. The third kappa shape index (κ3) is 13.5. The summed E-state index contributed by atoms with van der Waals surface area (Å²) < 4.78 is 16.5. The number of guanidine groups is 1. The summed E-state index contributed by atoms with van der Waals surface area (Å²) in [4.78, 5) is 18.7. The molecule has 0 aromatic heterocycles. The van der Waals surface area contributed by atoms with Crippen LogP contribution in [0.25, 0.3) is 0 Å². The molecule has 33 heavy (non-hydrogen) atoms. The molecule has 1 saturated heterocycles. The molecule has 1 aliphatic rings. The minimum absolute atomic E-state index is 0. The fourth-order valence-electron chi connectivity index (χ4n) is 3.02. The van der Waals surface area contributed by atoms with Gasteiger partial charge in [-0.2, -0.15) is 0 Å². The number of nitrogens with zero attached hydrogens (tertiary/aromatic N) is 2. The fourth-order valence-corrected chi connectivity index (χ4v) is 3.02. The lowest BCUT2D eigenvalue weighted by Crippen LogP contribution is -2.42. The number of rotatable bonds is 10. The maximum absolute atomic E-state index is 11.7. The van der Waals surface area contributed by atoms with Crippen LogP contribution >= 0.6 is 24.0 Å². The van der Waals surface area contributed by atoms with Crippen molar-refractivity contribution >= 4 is 36.0 Å². The van der Waals surface area contributed by atoms with E-state index in [0.29, 0.717) is 32.2 Å². The summed E-state index contributed by atoms with van der Waals surface area (Å²) in [6, 6.07) is 8.01. The molecule has 3 N–H and O–H groups in total. The third-order valence-electron chi connectivity index (χ3n) is 4.53. The highest BCUT2D eigenvalue weighted by Crippen LogP contribution is 2.14. The van der Waals surface area contributed by atoms with Crippen LogP contribution in [-0.4, -0.2) is 81.6 Å². The number of aliphatic imine (C=N–C) groups is 1. The number of amides is 1. The maximum atomic E-state index is 11.7. The minimum Gasteiger partial charge on any atom is -0.492 e. The van der Waals surface area contributed by atoms with Gasteiger partial charge >= 0.3 is 6.09 Å². The Morgan fingerprint density at radius 1 is 1.15 bits per heavy atom. The predicted molar refractivity (Wildman–Crippen MR) is 142 cm³/mol. The van der Waals surface area contributed by atoms with Crippen molar-refractivity contribution in [3.63, 3.8) is 0 Å². The van der Waals surface area contributed by atoms with Crippen LogP contribution in [0.2, 0.25) is 0 Å². The number of alkyl carbamates (subject to hydrolysis) is 1. The molecule has 1 aromatic carbocycles. The molecule has 1 amide bonds. The Bertz CT molecular complexity index is 721. The van der Waals surface area contributed by atoms with Gasteiger partial charge in [-0.3, -0.25) is 4.90 Å². The molecule has 9 nitrogen and oxygen atoms in total. The van der Waals surface area contributed by atoms with E-state index in [4.69, 9.17) is 14.2 Å². The van der Waals surface area contributed by atoms with Gasteiger partial charge in [0.2, 0.25) is 0 Å². The van der Waals surface area contributed by atoms with Gasteiger partial charge in [0.1, 0.15) is 18.0 Å². The molecule has 188 valence electrons.